The van der Waals surface area contributed by atoms with Crippen LogP contribution in [0.15, 0.2) is 0 Å². The topological polar surface area (TPSA) is 81.1 Å². The maximum atomic E-state index is 10.9. The number of carboxylic acids is 1. The SMILES string of the molecule is CC[C@H]1CN(C(=O)O)[C@H](C)CN1CC(=O)O. The molecule has 0 saturated carbocycles. The fraction of sp³-hybridized carbons (Fsp3) is 0.800. The summed E-state index contributed by atoms with van der Waals surface area (Å²) in [5, 5.41) is 17.7. The summed E-state index contributed by atoms with van der Waals surface area (Å²) in [6.45, 7) is 4.60. The number of rotatable bonds is 3. The highest BCUT2D eigenvalue weighted by Crippen LogP contribution is 2.17. The maximum absolute atomic E-state index is 10.9. The Morgan fingerprint density at radius 3 is 2.38 bits per heavy atom. The normalized spacial score (nSPS) is 26.8. The van der Waals surface area contributed by atoms with Crippen molar-refractivity contribution in [2.24, 2.45) is 0 Å². The highest BCUT2D eigenvalue weighted by atomic mass is 16.4. The Kier molecular flexibility index (Phi) is 4.12. The fourth-order valence-corrected chi connectivity index (χ4v) is 2.13. The van der Waals surface area contributed by atoms with Crippen LogP contribution in [0.2, 0.25) is 0 Å². The molecule has 1 aliphatic heterocycles. The van der Waals surface area contributed by atoms with Crippen molar-refractivity contribution in [2.45, 2.75) is 32.4 Å². The van der Waals surface area contributed by atoms with E-state index in [2.05, 4.69) is 0 Å². The molecule has 1 fully saturated rings. The first kappa shape index (κ1) is 12.8. The Labute approximate surface area is 94.4 Å². The van der Waals surface area contributed by atoms with Gasteiger partial charge in [-0.15, -0.1) is 0 Å². The van der Waals surface area contributed by atoms with E-state index in [1.165, 1.54) is 4.90 Å². The van der Waals surface area contributed by atoms with Crippen LogP contribution in [0, 0.1) is 0 Å². The molecule has 0 radical (unpaired) electrons. The number of hydrogen-bond donors (Lipinski definition) is 2. The van der Waals surface area contributed by atoms with Crippen molar-refractivity contribution in [3.05, 3.63) is 0 Å². The first-order valence-corrected chi connectivity index (χ1v) is 5.41. The predicted molar refractivity (Wildman–Crippen MR) is 57.5 cm³/mol. The van der Waals surface area contributed by atoms with Crippen LogP contribution < -0.4 is 0 Å². The van der Waals surface area contributed by atoms with Gasteiger partial charge in [-0.2, -0.15) is 0 Å². The Bertz CT molecular complexity index is 282. The Hall–Kier alpha value is -1.30. The van der Waals surface area contributed by atoms with Gasteiger partial charge in [-0.05, 0) is 13.3 Å². The summed E-state index contributed by atoms with van der Waals surface area (Å²) >= 11 is 0. The second-order valence-electron chi connectivity index (χ2n) is 4.17. The van der Waals surface area contributed by atoms with Gasteiger partial charge in [0.1, 0.15) is 0 Å². The van der Waals surface area contributed by atoms with Crippen LogP contribution >= 0.6 is 0 Å². The molecule has 0 spiro atoms. The third-order valence-electron chi connectivity index (χ3n) is 3.01. The fourth-order valence-electron chi connectivity index (χ4n) is 2.13. The lowest BCUT2D eigenvalue weighted by Crippen LogP contribution is -2.59. The van der Waals surface area contributed by atoms with E-state index in [0.29, 0.717) is 13.1 Å². The molecule has 6 nitrogen and oxygen atoms in total. The van der Waals surface area contributed by atoms with Crippen molar-refractivity contribution in [3.8, 4) is 0 Å². The van der Waals surface area contributed by atoms with Gasteiger partial charge >= 0.3 is 12.1 Å². The van der Waals surface area contributed by atoms with Crippen molar-refractivity contribution in [1.29, 1.82) is 0 Å². The molecular weight excluding hydrogens is 212 g/mol. The number of hydrogen-bond acceptors (Lipinski definition) is 3. The molecule has 0 bridgehead atoms. The lowest BCUT2D eigenvalue weighted by atomic mass is 10.1. The zero-order valence-corrected chi connectivity index (χ0v) is 9.59. The third-order valence-corrected chi connectivity index (χ3v) is 3.01. The lowest BCUT2D eigenvalue weighted by Gasteiger charge is -2.43. The largest absolute Gasteiger partial charge is 0.480 e. The van der Waals surface area contributed by atoms with Gasteiger partial charge in [0.25, 0.3) is 0 Å². The van der Waals surface area contributed by atoms with Crippen molar-refractivity contribution >= 4 is 12.1 Å². The van der Waals surface area contributed by atoms with E-state index in [1.807, 2.05) is 11.8 Å². The van der Waals surface area contributed by atoms with E-state index in [1.54, 1.807) is 6.92 Å². The minimum Gasteiger partial charge on any atom is -0.480 e. The van der Waals surface area contributed by atoms with Gasteiger partial charge in [0.05, 0.1) is 6.54 Å². The first-order chi connectivity index (χ1) is 7.45. The highest BCUT2D eigenvalue weighted by Gasteiger charge is 2.33. The Balaban J connectivity index is 2.70. The summed E-state index contributed by atoms with van der Waals surface area (Å²) in [5.74, 6) is -0.866. The molecule has 0 aromatic rings. The molecule has 0 unspecified atom stereocenters. The van der Waals surface area contributed by atoms with Crippen molar-refractivity contribution in [3.63, 3.8) is 0 Å². The van der Waals surface area contributed by atoms with Crippen LogP contribution in [0.25, 0.3) is 0 Å². The maximum Gasteiger partial charge on any atom is 0.407 e. The molecule has 16 heavy (non-hydrogen) atoms. The van der Waals surface area contributed by atoms with Gasteiger partial charge < -0.3 is 15.1 Å². The summed E-state index contributed by atoms with van der Waals surface area (Å²) in [6.07, 6.45) is -0.176. The van der Waals surface area contributed by atoms with Gasteiger partial charge in [-0.25, -0.2) is 4.79 Å². The van der Waals surface area contributed by atoms with E-state index in [4.69, 9.17) is 10.2 Å². The lowest BCUT2D eigenvalue weighted by molar-refractivity contribution is -0.139. The molecule has 2 N–H and O–H groups in total. The molecular formula is C10H18N2O4. The quantitative estimate of drug-likeness (QED) is 0.739. The van der Waals surface area contributed by atoms with E-state index in [0.717, 1.165) is 6.42 Å². The number of aliphatic carboxylic acids is 1. The van der Waals surface area contributed by atoms with Crippen LogP contribution in [0.5, 0.6) is 0 Å². The average Bonchev–Trinajstić information content (AvgIpc) is 2.16. The average molecular weight is 230 g/mol. The van der Waals surface area contributed by atoms with Crippen LogP contribution in [-0.2, 0) is 4.79 Å². The summed E-state index contributed by atoms with van der Waals surface area (Å²) in [7, 11) is 0. The molecule has 1 rings (SSSR count). The molecule has 2 atom stereocenters. The van der Waals surface area contributed by atoms with E-state index in [9.17, 15) is 9.59 Å². The molecule has 1 amide bonds. The Morgan fingerprint density at radius 1 is 1.31 bits per heavy atom. The number of carbonyl (C=O) groups is 2. The summed E-state index contributed by atoms with van der Waals surface area (Å²) in [6, 6.07) is -0.150. The minimum absolute atomic E-state index is 0.00315. The molecule has 6 heteroatoms. The van der Waals surface area contributed by atoms with E-state index in [-0.39, 0.29) is 18.6 Å². The molecule has 92 valence electrons. The summed E-state index contributed by atoms with van der Waals surface area (Å²) < 4.78 is 0. The predicted octanol–water partition coefficient (Wildman–Crippen LogP) is 0.534. The number of carboxylic acid groups (broad SMARTS) is 2. The Morgan fingerprint density at radius 2 is 1.94 bits per heavy atom. The molecule has 1 heterocycles. The highest BCUT2D eigenvalue weighted by molar-refractivity contribution is 5.69. The zero-order valence-electron chi connectivity index (χ0n) is 9.59. The molecule has 0 aromatic carbocycles. The van der Waals surface area contributed by atoms with Gasteiger partial charge in [-0.1, -0.05) is 6.92 Å². The molecule has 1 saturated heterocycles. The van der Waals surface area contributed by atoms with Crippen molar-refractivity contribution < 1.29 is 19.8 Å². The van der Waals surface area contributed by atoms with Crippen molar-refractivity contribution in [2.75, 3.05) is 19.6 Å². The molecule has 1 aliphatic rings. The third kappa shape index (κ3) is 2.85. The standard InChI is InChI=1S/C10H18N2O4/c1-3-8-5-12(10(15)16)7(2)4-11(8)6-9(13)14/h7-8H,3-6H2,1-2H3,(H,13,14)(H,15,16)/t7-,8+/m1/s1. The molecule has 0 aliphatic carbocycles. The molecule has 0 aromatic heterocycles. The van der Waals surface area contributed by atoms with Crippen LogP contribution in [0.3, 0.4) is 0 Å². The van der Waals surface area contributed by atoms with Crippen LogP contribution in [0.4, 0.5) is 4.79 Å². The van der Waals surface area contributed by atoms with E-state index < -0.39 is 12.1 Å². The number of nitrogens with zero attached hydrogens (tertiary/aromatic N) is 2. The minimum atomic E-state index is -0.930. The van der Waals surface area contributed by atoms with Crippen LogP contribution in [-0.4, -0.2) is 63.8 Å². The van der Waals surface area contributed by atoms with Gasteiger partial charge in [0, 0.05) is 25.2 Å². The van der Waals surface area contributed by atoms with Gasteiger partial charge in [-0.3, -0.25) is 9.69 Å². The zero-order chi connectivity index (χ0) is 12.3. The smallest absolute Gasteiger partial charge is 0.407 e. The van der Waals surface area contributed by atoms with Gasteiger partial charge in [0.15, 0.2) is 0 Å². The van der Waals surface area contributed by atoms with Crippen molar-refractivity contribution in [1.82, 2.24) is 9.80 Å². The van der Waals surface area contributed by atoms with Gasteiger partial charge in [0.2, 0.25) is 0 Å². The first-order valence-electron chi connectivity index (χ1n) is 5.41. The second kappa shape index (κ2) is 5.16. The van der Waals surface area contributed by atoms with E-state index >= 15 is 0 Å². The number of amides is 1. The summed E-state index contributed by atoms with van der Waals surface area (Å²) in [4.78, 5) is 24.8. The second-order valence-corrected chi connectivity index (χ2v) is 4.17. The monoisotopic (exact) mass is 230 g/mol. The number of piperazine rings is 1. The summed E-state index contributed by atoms with van der Waals surface area (Å²) in [5.41, 5.74) is 0. The van der Waals surface area contributed by atoms with Crippen LogP contribution in [0.1, 0.15) is 20.3 Å².